The minimum Gasteiger partial charge on any atom is -0.450 e. The molecule has 0 aliphatic heterocycles. The number of hydrogen-bond donors (Lipinski definition) is 2. The molecule has 0 aliphatic carbocycles. The lowest BCUT2D eigenvalue weighted by atomic mass is 9.83. The summed E-state index contributed by atoms with van der Waals surface area (Å²) in [5, 5.41) is 17.9. The molecule has 0 spiro atoms. The molecule has 0 aliphatic rings. The molecule has 1 rings (SSSR count). The minimum atomic E-state index is -0.779. The molecule has 1 atom stereocenters. The van der Waals surface area contributed by atoms with Gasteiger partial charge in [-0.2, -0.15) is 0 Å². The Kier molecular flexibility index (Phi) is 2.84. The van der Waals surface area contributed by atoms with Crippen molar-refractivity contribution in [2.75, 3.05) is 0 Å². The number of halogens is 1. The van der Waals surface area contributed by atoms with Crippen molar-refractivity contribution in [3.8, 4) is 0 Å². The van der Waals surface area contributed by atoms with E-state index in [1.54, 1.807) is 0 Å². The van der Waals surface area contributed by atoms with Gasteiger partial charge in [-0.25, -0.2) is 4.39 Å². The summed E-state index contributed by atoms with van der Waals surface area (Å²) in [6, 6.07) is 3.85. The van der Waals surface area contributed by atoms with Crippen molar-refractivity contribution in [2.24, 2.45) is 0 Å². The Morgan fingerprint density at radius 1 is 1.50 bits per heavy atom. The SMILES string of the molecule is CC(O)c1cc(F)ccc1[B]O. The normalized spacial score (nSPS) is 12.7. The Morgan fingerprint density at radius 2 is 2.17 bits per heavy atom. The Balaban J connectivity index is 3.12. The predicted octanol–water partition coefficient (Wildman–Crippen LogP) is 0.116. The highest BCUT2D eigenvalue weighted by Gasteiger charge is 2.08. The summed E-state index contributed by atoms with van der Waals surface area (Å²) < 4.78 is 12.6. The molecule has 1 aromatic rings. The molecule has 4 heteroatoms. The van der Waals surface area contributed by atoms with Crippen LogP contribution >= 0.6 is 0 Å². The van der Waals surface area contributed by atoms with Crippen molar-refractivity contribution in [1.29, 1.82) is 0 Å². The van der Waals surface area contributed by atoms with E-state index in [2.05, 4.69) is 0 Å². The van der Waals surface area contributed by atoms with Crippen LogP contribution in [0.15, 0.2) is 18.2 Å². The van der Waals surface area contributed by atoms with Crippen LogP contribution in [0.5, 0.6) is 0 Å². The zero-order chi connectivity index (χ0) is 9.14. The number of hydrogen-bond acceptors (Lipinski definition) is 2. The lowest BCUT2D eigenvalue weighted by Gasteiger charge is -2.08. The van der Waals surface area contributed by atoms with Crippen molar-refractivity contribution >= 4 is 12.9 Å². The van der Waals surface area contributed by atoms with E-state index in [1.807, 2.05) is 0 Å². The number of benzene rings is 1. The van der Waals surface area contributed by atoms with E-state index in [4.69, 9.17) is 10.1 Å². The van der Waals surface area contributed by atoms with E-state index in [-0.39, 0.29) is 0 Å². The molecule has 0 fully saturated rings. The average molecular weight is 167 g/mol. The monoisotopic (exact) mass is 167 g/mol. The van der Waals surface area contributed by atoms with Crippen molar-refractivity contribution in [2.45, 2.75) is 13.0 Å². The van der Waals surface area contributed by atoms with Gasteiger partial charge in [-0.05, 0) is 30.1 Å². The van der Waals surface area contributed by atoms with Crippen molar-refractivity contribution in [3.63, 3.8) is 0 Å². The minimum absolute atomic E-state index is 0.387. The van der Waals surface area contributed by atoms with Crippen LogP contribution in [0.1, 0.15) is 18.6 Å². The van der Waals surface area contributed by atoms with Crippen LogP contribution in [0.3, 0.4) is 0 Å². The van der Waals surface area contributed by atoms with Gasteiger partial charge in [-0.15, -0.1) is 0 Å². The van der Waals surface area contributed by atoms with E-state index < -0.39 is 11.9 Å². The molecule has 63 valence electrons. The van der Waals surface area contributed by atoms with Gasteiger partial charge < -0.3 is 10.1 Å². The highest BCUT2D eigenvalue weighted by molar-refractivity contribution is 6.46. The maximum atomic E-state index is 12.6. The Bertz CT molecular complexity index is 276. The molecular weight excluding hydrogens is 158 g/mol. The largest absolute Gasteiger partial charge is 0.450 e. The average Bonchev–Trinajstić information content (AvgIpc) is 2.04. The molecule has 0 bridgehead atoms. The maximum absolute atomic E-state index is 12.6. The lowest BCUT2D eigenvalue weighted by Crippen LogP contribution is -2.20. The van der Waals surface area contributed by atoms with Crippen LogP contribution < -0.4 is 5.46 Å². The lowest BCUT2D eigenvalue weighted by molar-refractivity contribution is 0.200. The van der Waals surface area contributed by atoms with E-state index in [9.17, 15) is 4.39 Å². The van der Waals surface area contributed by atoms with Gasteiger partial charge in [0.15, 0.2) is 0 Å². The van der Waals surface area contributed by atoms with Crippen LogP contribution in [-0.4, -0.2) is 17.6 Å². The van der Waals surface area contributed by atoms with Gasteiger partial charge in [0, 0.05) is 0 Å². The molecule has 1 unspecified atom stereocenters. The van der Waals surface area contributed by atoms with E-state index >= 15 is 0 Å². The summed E-state index contributed by atoms with van der Waals surface area (Å²) >= 11 is 0. The first-order valence-corrected chi connectivity index (χ1v) is 3.60. The Labute approximate surface area is 70.9 Å². The maximum Gasteiger partial charge on any atom is 0.327 e. The molecule has 2 N–H and O–H groups in total. The van der Waals surface area contributed by atoms with Gasteiger partial charge in [-0.3, -0.25) is 0 Å². The van der Waals surface area contributed by atoms with Crippen molar-refractivity contribution in [3.05, 3.63) is 29.6 Å². The number of aliphatic hydroxyl groups is 1. The van der Waals surface area contributed by atoms with Crippen LogP contribution in [0.25, 0.3) is 0 Å². The molecule has 0 heterocycles. The summed E-state index contributed by atoms with van der Waals surface area (Å²) in [4.78, 5) is 0. The highest BCUT2D eigenvalue weighted by Crippen LogP contribution is 2.10. The Hall–Kier alpha value is -0.865. The van der Waals surface area contributed by atoms with Gasteiger partial charge in [0.05, 0.1) is 6.10 Å². The number of rotatable bonds is 2. The smallest absolute Gasteiger partial charge is 0.327 e. The fourth-order valence-corrected chi connectivity index (χ4v) is 1.02. The van der Waals surface area contributed by atoms with Crippen molar-refractivity contribution < 1.29 is 14.5 Å². The highest BCUT2D eigenvalue weighted by atomic mass is 19.1. The van der Waals surface area contributed by atoms with E-state index in [0.29, 0.717) is 11.0 Å². The second-order valence-electron chi connectivity index (χ2n) is 2.58. The molecule has 0 amide bonds. The topological polar surface area (TPSA) is 40.5 Å². The summed E-state index contributed by atoms with van der Waals surface area (Å²) in [6.07, 6.45) is -0.779. The summed E-state index contributed by atoms with van der Waals surface area (Å²) in [5.74, 6) is -0.420. The van der Waals surface area contributed by atoms with Gasteiger partial charge >= 0.3 is 7.48 Å². The third kappa shape index (κ3) is 1.84. The first kappa shape index (κ1) is 9.22. The predicted molar refractivity (Wildman–Crippen MR) is 44.6 cm³/mol. The zero-order valence-corrected chi connectivity index (χ0v) is 6.66. The summed E-state index contributed by atoms with van der Waals surface area (Å²) in [7, 11) is 0.849. The summed E-state index contributed by atoms with van der Waals surface area (Å²) in [6.45, 7) is 1.52. The van der Waals surface area contributed by atoms with Crippen LogP contribution in [0.4, 0.5) is 4.39 Å². The number of aliphatic hydroxyl groups excluding tert-OH is 1. The quantitative estimate of drug-likeness (QED) is 0.614. The fourth-order valence-electron chi connectivity index (χ4n) is 1.02. The van der Waals surface area contributed by atoms with Crippen LogP contribution in [0, 0.1) is 5.82 Å². The van der Waals surface area contributed by atoms with E-state index in [0.717, 1.165) is 7.48 Å². The zero-order valence-electron chi connectivity index (χ0n) is 6.66. The first-order valence-electron chi connectivity index (χ1n) is 3.60. The molecule has 1 aromatic carbocycles. The molecule has 0 saturated carbocycles. The fraction of sp³-hybridized carbons (Fsp3) is 0.250. The first-order chi connectivity index (χ1) is 5.65. The molecule has 2 nitrogen and oxygen atoms in total. The molecule has 0 aromatic heterocycles. The summed E-state index contributed by atoms with van der Waals surface area (Å²) in [5.41, 5.74) is 0.823. The van der Waals surface area contributed by atoms with Gasteiger partial charge in [-0.1, -0.05) is 6.07 Å². The second kappa shape index (κ2) is 3.69. The van der Waals surface area contributed by atoms with Gasteiger partial charge in [0.2, 0.25) is 0 Å². The Morgan fingerprint density at radius 3 is 2.67 bits per heavy atom. The molecule has 0 saturated heterocycles. The molecular formula is C8H9BFO2. The standard InChI is InChI=1S/C8H9BFO2/c1-5(11)7-4-6(10)2-3-8(7)9-12/h2-5,11-12H,1H3. The van der Waals surface area contributed by atoms with Crippen LogP contribution in [-0.2, 0) is 0 Å². The molecule has 1 radical (unpaired) electrons. The molecule has 12 heavy (non-hydrogen) atoms. The van der Waals surface area contributed by atoms with E-state index in [1.165, 1.54) is 25.1 Å². The van der Waals surface area contributed by atoms with Gasteiger partial charge in [0.1, 0.15) is 5.82 Å². The third-order valence-electron chi connectivity index (χ3n) is 1.64. The van der Waals surface area contributed by atoms with Crippen molar-refractivity contribution in [1.82, 2.24) is 0 Å². The third-order valence-corrected chi connectivity index (χ3v) is 1.64. The second-order valence-corrected chi connectivity index (χ2v) is 2.58. The van der Waals surface area contributed by atoms with Gasteiger partial charge in [0.25, 0.3) is 0 Å². The van der Waals surface area contributed by atoms with Crippen LogP contribution in [0.2, 0.25) is 0 Å².